The predicted molar refractivity (Wildman–Crippen MR) is 125 cm³/mol. The largest absolute Gasteiger partial charge is 0.490 e. The minimum Gasteiger partial charge on any atom is -0.490 e. The smallest absolute Gasteiger partial charge is 0.363 e. The lowest BCUT2D eigenvalue weighted by Gasteiger charge is -2.15. The molecule has 0 amide bonds. The molecule has 0 aliphatic carbocycles. The molecule has 3 aromatic rings. The highest BCUT2D eigenvalue weighted by atomic mass is 35.5. The van der Waals surface area contributed by atoms with Crippen LogP contribution in [0, 0.1) is 12.7 Å². The fourth-order valence-electron chi connectivity index (χ4n) is 3.34. The number of benzene rings is 3. The van der Waals surface area contributed by atoms with Gasteiger partial charge in [0.2, 0.25) is 5.90 Å². The van der Waals surface area contributed by atoms with E-state index in [0.717, 1.165) is 11.1 Å². The lowest BCUT2D eigenvalue weighted by atomic mass is 10.1. The number of esters is 1. The van der Waals surface area contributed by atoms with Crippen molar-refractivity contribution in [1.82, 2.24) is 0 Å². The Kier molecular flexibility index (Phi) is 6.75. The summed E-state index contributed by atoms with van der Waals surface area (Å²) in [6.45, 7) is 4.60. The van der Waals surface area contributed by atoms with E-state index in [4.69, 9.17) is 25.8 Å². The first-order chi connectivity index (χ1) is 15.9. The van der Waals surface area contributed by atoms with Crippen LogP contribution in [-0.2, 0) is 16.1 Å². The number of halogens is 2. The molecule has 0 fully saturated rings. The van der Waals surface area contributed by atoms with Gasteiger partial charge in [0.15, 0.2) is 17.2 Å². The molecular weight excluding hydrogens is 445 g/mol. The maximum absolute atomic E-state index is 13.5. The van der Waals surface area contributed by atoms with Gasteiger partial charge in [0.25, 0.3) is 0 Å². The van der Waals surface area contributed by atoms with E-state index >= 15 is 0 Å². The molecule has 7 heteroatoms. The fraction of sp³-hybridized carbons (Fsp3) is 0.154. The van der Waals surface area contributed by atoms with Crippen LogP contribution in [0.2, 0.25) is 5.02 Å². The molecule has 4 rings (SSSR count). The normalized spacial score (nSPS) is 14.2. The van der Waals surface area contributed by atoms with Crippen molar-refractivity contribution >= 4 is 29.5 Å². The summed E-state index contributed by atoms with van der Waals surface area (Å²) in [5, 5.41) is 0.334. The minimum absolute atomic E-state index is 0.0417. The zero-order valence-corrected chi connectivity index (χ0v) is 18.9. The third-order valence-electron chi connectivity index (χ3n) is 4.79. The Hall–Kier alpha value is -3.64. The van der Waals surface area contributed by atoms with Crippen LogP contribution < -0.4 is 9.47 Å². The van der Waals surface area contributed by atoms with Gasteiger partial charge in [-0.1, -0.05) is 47.5 Å². The summed E-state index contributed by atoms with van der Waals surface area (Å²) in [6.07, 6.45) is 1.54. The number of hydrogen-bond acceptors (Lipinski definition) is 5. The van der Waals surface area contributed by atoms with E-state index in [1.165, 1.54) is 24.3 Å². The van der Waals surface area contributed by atoms with Crippen LogP contribution in [0.5, 0.6) is 11.5 Å². The number of ether oxygens (including phenoxy) is 3. The first kappa shape index (κ1) is 22.6. The molecule has 1 heterocycles. The Morgan fingerprint density at radius 1 is 1.09 bits per heavy atom. The van der Waals surface area contributed by atoms with Gasteiger partial charge in [-0.05, 0) is 61.4 Å². The van der Waals surface area contributed by atoms with Crippen molar-refractivity contribution in [1.29, 1.82) is 0 Å². The highest BCUT2D eigenvalue weighted by Gasteiger charge is 2.25. The van der Waals surface area contributed by atoms with Crippen molar-refractivity contribution in [2.24, 2.45) is 4.99 Å². The van der Waals surface area contributed by atoms with Crippen LogP contribution in [0.15, 0.2) is 71.4 Å². The maximum atomic E-state index is 13.5. The third kappa shape index (κ3) is 5.41. The molecule has 0 bridgehead atoms. The second-order valence-electron chi connectivity index (χ2n) is 7.39. The first-order valence-corrected chi connectivity index (χ1v) is 10.7. The molecule has 1 aliphatic rings. The van der Waals surface area contributed by atoms with Crippen molar-refractivity contribution in [3.8, 4) is 11.5 Å². The van der Waals surface area contributed by atoms with Gasteiger partial charge in [-0.25, -0.2) is 14.2 Å². The number of carbonyl (C=O) groups is 1. The van der Waals surface area contributed by atoms with Crippen molar-refractivity contribution in [2.75, 3.05) is 6.61 Å². The predicted octanol–water partition coefficient (Wildman–Crippen LogP) is 6.11. The molecule has 0 N–H and O–H groups in total. The Morgan fingerprint density at radius 3 is 2.67 bits per heavy atom. The minimum atomic E-state index is -0.636. The van der Waals surface area contributed by atoms with Crippen LogP contribution >= 0.6 is 11.6 Å². The van der Waals surface area contributed by atoms with Crippen molar-refractivity contribution < 1.29 is 23.4 Å². The van der Waals surface area contributed by atoms with E-state index in [2.05, 4.69) is 4.99 Å². The van der Waals surface area contributed by atoms with E-state index in [1.54, 1.807) is 18.2 Å². The molecule has 0 atom stereocenters. The third-order valence-corrected chi connectivity index (χ3v) is 5.07. The van der Waals surface area contributed by atoms with Crippen molar-refractivity contribution in [3.05, 3.63) is 99.5 Å². The second-order valence-corrected chi connectivity index (χ2v) is 7.79. The van der Waals surface area contributed by atoms with Crippen LogP contribution in [0.25, 0.3) is 6.08 Å². The van der Waals surface area contributed by atoms with Crippen LogP contribution in [-0.4, -0.2) is 18.5 Å². The molecule has 0 radical (unpaired) electrons. The zero-order chi connectivity index (χ0) is 23.4. The highest BCUT2D eigenvalue weighted by Crippen LogP contribution is 2.38. The summed E-state index contributed by atoms with van der Waals surface area (Å²) in [6, 6.07) is 17.1. The molecule has 5 nitrogen and oxygen atoms in total. The van der Waals surface area contributed by atoms with Gasteiger partial charge in [0.1, 0.15) is 12.4 Å². The van der Waals surface area contributed by atoms with E-state index in [1.807, 2.05) is 38.1 Å². The van der Waals surface area contributed by atoms with Gasteiger partial charge < -0.3 is 14.2 Å². The Bertz CT molecular complexity index is 1270. The van der Waals surface area contributed by atoms with Gasteiger partial charge in [-0.2, -0.15) is 0 Å². The lowest BCUT2D eigenvalue weighted by Crippen LogP contribution is -2.05. The number of hydrogen-bond donors (Lipinski definition) is 0. The first-order valence-electron chi connectivity index (χ1n) is 10.4. The Morgan fingerprint density at radius 2 is 1.91 bits per heavy atom. The maximum Gasteiger partial charge on any atom is 0.363 e. The zero-order valence-electron chi connectivity index (χ0n) is 18.1. The number of nitrogens with zero attached hydrogens (tertiary/aromatic N) is 1. The van der Waals surface area contributed by atoms with Crippen molar-refractivity contribution in [2.45, 2.75) is 20.5 Å². The van der Waals surface area contributed by atoms with Crippen LogP contribution in [0.4, 0.5) is 4.39 Å². The number of aliphatic imine (C=N–C) groups is 1. The van der Waals surface area contributed by atoms with Gasteiger partial charge in [0, 0.05) is 5.56 Å². The standard InChI is InChI=1S/C26H21ClFNO4/c1-3-31-23-13-18(11-21(27)24(23)32-15-17-7-4-6-16(2)10-17)12-22-26(30)33-25(29-22)19-8-5-9-20(28)14-19/h4-14H,3,15H2,1-2H3/b22-12+. The summed E-state index contributed by atoms with van der Waals surface area (Å²) >= 11 is 6.50. The molecule has 0 saturated heterocycles. The molecular formula is C26H21ClFNO4. The van der Waals surface area contributed by atoms with Crippen molar-refractivity contribution in [3.63, 3.8) is 0 Å². The highest BCUT2D eigenvalue weighted by molar-refractivity contribution is 6.32. The molecule has 33 heavy (non-hydrogen) atoms. The topological polar surface area (TPSA) is 57.1 Å². The summed E-state index contributed by atoms with van der Waals surface area (Å²) in [4.78, 5) is 16.5. The average Bonchev–Trinajstić information content (AvgIpc) is 3.14. The molecule has 0 saturated carbocycles. The van der Waals surface area contributed by atoms with Gasteiger partial charge >= 0.3 is 5.97 Å². The lowest BCUT2D eigenvalue weighted by molar-refractivity contribution is -0.129. The Labute approximate surface area is 196 Å². The molecule has 168 valence electrons. The van der Waals surface area contributed by atoms with E-state index in [-0.39, 0.29) is 11.6 Å². The summed E-state index contributed by atoms with van der Waals surface area (Å²) in [5.74, 6) is -0.175. The van der Waals surface area contributed by atoms with E-state index < -0.39 is 11.8 Å². The molecule has 0 aromatic heterocycles. The quantitative estimate of drug-likeness (QED) is 0.312. The average molecular weight is 466 g/mol. The van der Waals surface area contributed by atoms with Crippen LogP contribution in [0.1, 0.15) is 29.2 Å². The SMILES string of the molecule is CCOc1cc(/C=C2/N=C(c3cccc(F)c3)OC2=O)cc(Cl)c1OCc1cccc(C)c1. The van der Waals surface area contributed by atoms with E-state index in [0.29, 0.717) is 40.9 Å². The van der Waals surface area contributed by atoms with Crippen LogP contribution in [0.3, 0.4) is 0 Å². The van der Waals surface area contributed by atoms with Gasteiger partial charge in [-0.15, -0.1) is 0 Å². The monoisotopic (exact) mass is 465 g/mol. The van der Waals surface area contributed by atoms with Gasteiger partial charge in [-0.3, -0.25) is 0 Å². The van der Waals surface area contributed by atoms with Gasteiger partial charge in [0.05, 0.1) is 11.6 Å². The fourth-order valence-corrected chi connectivity index (χ4v) is 3.62. The summed E-state index contributed by atoms with van der Waals surface area (Å²) in [5.41, 5.74) is 3.17. The second kappa shape index (κ2) is 9.88. The summed E-state index contributed by atoms with van der Waals surface area (Å²) in [7, 11) is 0. The molecule has 0 spiro atoms. The number of aryl methyl sites for hydroxylation is 1. The molecule has 0 unspecified atom stereocenters. The number of carbonyl (C=O) groups excluding carboxylic acids is 1. The molecule has 1 aliphatic heterocycles. The number of cyclic esters (lactones) is 1. The Balaban J connectivity index is 1.61. The number of rotatable bonds is 7. The summed E-state index contributed by atoms with van der Waals surface area (Å²) < 4.78 is 30.4. The van der Waals surface area contributed by atoms with E-state index in [9.17, 15) is 9.18 Å². The molecule has 3 aromatic carbocycles.